The molecule has 2 aromatic carbocycles. The second-order valence-electron chi connectivity index (χ2n) is 6.00. The number of benzene rings is 2. The average molecular weight is 321 g/mol. The summed E-state index contributed by atoms with van der Waals surface area (Å²) in [7, 11) is 1.45. The molecule has 0 radical (unpaired) electrons. The number of nitrogens with zero attached hydrogens (tertiary/aromatic N) is 1. The zero-order chi connectivity index (χ0) is 16.9. The van der Waals surface area contributed by atoms with Crippen molar-refractivity contribution in [3.63, 3.8) is 0 Å². The molecule has 0 saturated heterocycles. The molecule has 0 bridgehead atoms. The Morgan fingerprint density at radius 1 is 1.12 bits per heavy atom. The van der Waals surface area contributed by atoms with Gasteiger partial charge in [-0.1, -0.05) is 54.6 Å². The number of hydrogen-bond acceptors (Lipinski definition) is 3. The predicted octanol–water partition coefficient (Wildman–Crippen LogP) is 3.75. The van der Waals surface area contributed by atoms with Gasteiger partial charge >= 0.3 is 5.97 Å². The number of ether oxygens (including phenoxy) is 1. The van der Waals surface area contributed by atoms with E-state index < -0.39 is 0 Å². The van der Waals surface area contributed by atoms with Gasteiger partial charge in [-0.25, -0.2) is 4.79 Å². The number of esters is 1. The van der Waals surface area contributed by atoms with Crippen LogP contribution in [0.25, 0.3) is 0 Å². The minimum absolute atomic E-state index is 0.107. The molecule has 1 heterocycles. The van der Waals surface area contributed by atoms with Crippen LogP contribution in [-0.4, -0.2) is 31.1 Å². The van der Waals surface area contributed by atoms with Crippen molar-refractivity contribution in [2.75, 3.05) is 20.2 Å². The first-order valence-electron chi connectivity index (χ1n) is 8.41. The lowest BCUT2D eigenvalue weighted by Crippen LogP contribution is -2.27. The standard InChI is InChI=1S/C21H23NO2/c1-3-22-14-13-16-9-7-8-12-18(16)20(17-10-5-4-6-11-17)19(15-22)21(23)24-2/h4-12,15,20H,3,13-14H2,1-2H3/b19-15+. The van der Waals surface area contributed by atoms with Crippen molar-refractivity contribution in [1.29, 1.82) is 0 Å². The van der Waals surface area contributed by atoms with E-state index in [-0.39, 0.29) is 11.9 Å². The number of carbonyl (C=O) groups excluding carboxylic acids is 1. The molecule has 0 fully saturated rings. The first kappa shape index (κ1) is 16.3. The summed E-state index contributed by atoms with van der Waals surface area (Å²) in [4.78, 5) is 14.8. The van der Waals surface area contributed by atoms with Crippen molar-refractivity contribution in [3.05, 3.63) is 83.1 Å². The SMILES string of the molecule is CCN1/C=C(/C(=O)OC)C(c2ccccc2)c2ccccc2CC1. The van der Waals surface area contributed by atoms with E-state index in [1.165, 1.54) is 18.2 Å². The minimum Gasteiger partial charge on any atom is -0.466 e. The van der Waals surface area contributed by atoms with E-state index in [0.717, 1.165) is 25.1 Å². The quantitative estimate of drug-likeness (QED) is 0.806. The van der Waals surface area contributed by atoms with E-state index >= 15 is 0 Å². The molecule has 3 heteroatoms. The van der Waals surface area contributed by atoms with Gasteiger partial charge in [0.15, 0.2) is 0 Å². The van der Waals surface area contributed by atoms with E-state index in [1.807, 2.05) is 30.5 Å². The molecule has 1 unspecified atom stereocenters. The molecule has 1 atom stereocenters. The summed E-state index contributed by atoms with van der Waals surface area (Å²) in [5.41, 5.74) is 4.28. The second kappa shape index (κ2) is 7.35. The number of hydrogen-bond donors (Lipinski definition) is 0. The topological polar surface area (TPSA) is 29.5 Å². The third-order valence-electron chi connectivity index (χ3n) is 4.63. The lowest BCUT2D eigenvalue weighted by atomic mass is 9.81. The van der Waals surface area contributed by atoms with Gasteiger partial charge in [0.25, 0.3) is 0 Å². The Kier molecular flexibility index (Phi) is 4.99. The van der Waals surface area contributed by atoms with Crippen LogP contribution in [0.5, 0.6) is 0 Å². The molecule has 0 saturated carbocycles. The summed E-state index contributed by atoms with van der Waals surface area (Å²) in [5.74, 6) is -0.372. The Balaban J connectivity index is 2.22. The highest BCUT2D eigenvalue weighted by atomic mass is 16.5. The monoisotopic (exact) mass is 321 g/mol. The largest absolute Gasteiger partial charge is 0.466 e. The molecular weight excluding hydrogens is 298 g/mol. The molecule has 124 valence electrons. The lowest BCUT2D eigenvalue weighted by Gasteiger charge is -2.29. The molecule has 1 aliphatic heterocycles. The number of fused-ring (bicyclic) bond motifs is 1. The molecule has 0 aliphatic carbocycles. The summed E-state index contributed by atoms with van der Waals surface area (Å²) < 4.78 is 5.11. The molecule has 0 aromatic heterocycles. The van der Waals surface area contributed by atoms with E-state index in [1.54, 1.807) is 0 Å². The Bertz CT molecular complexity index is 737. The summed E-state index contributed by atoms with van der Waals surface area (Å²) in [6.45, 7) is 3.87. The second-order valence-corrected chi connectivity index (χ2v) is 6.00. The van der Waals surface area contributed by atoms with Crippen molar-refractivity contribution >= 4 is 5.97 Å². The van der Waals surface area contributed by atoms with E-state index in [2.05, 4.69) is 42.2 Å². The molecule has 3 nitrogen and oxygen atoms in total. The average Bonchev–Trinajstić information content (AvgIpc) is 2.63. The van der Waals surface area contributed by atoms with E-state index in [4.69, 9.17) is 4.74 Å². The Labute approximate surface area is 143 Å². The van der Waals surface area contributed by atoms with E-state index in [9.17, 15) is 4.79 Å². The van der Waals surface area contributed by atoms with Crippen molar-refractivity contribution in [3.8, 4) is 0 Å². The van der Waals surface area contributed by atoms with Crippen LogP contribution in [0.2, 0.25) is 0 Å². The predicted molar refractivity (Wildman–Crippen MR) is 95.8 cm³/mol. The Morgan fingerprint density at radius 2 is 1.83 bits per heavy atom. The Morgan fingerprint density at radius 3 is 2.54 bits per heavy atom. The third-order valence-corrected chi connectivity index (χ3v) is 4.63. The van der Waals surface area contributed by atoms with Gasteiger partial charge in [0.1, 0.15) is 0 Å². The number of methoxy groups -OCH3 is 1. The van der Waals surface area contributed by atoms with Gasteiger partial charge in [0.05, 0.1) is 12.7 Å². The van der Waals surface area contributed by atoms with Crippen LogP contribution in [0.4, 0.5) is 0 Å². The van der Waals surface area contributed by atoms with E-state index in [0.29, 0.717) is 5.57 Å². The number of likely N-dealkylation sites (N-methyl/N-ethyl adjacent to an activating group) is 1. The molecule has 24 heavy (non-hydrogen) atoms. The third kappa shape index (κ3) is 3.21. The molecule has 0 N–H and O–H groups in total. The van der Waals surface area contributed by atoms with Crippen LogP contribution in [0.3, 0.4) is 0 Å². The molecule has 3 rings (SSSR count). The van der Waals surface area contributed by atoms with Gasteiger partial charge < -0.3 is 9.64 Å². The fraction of sp³-hybridized carbons (Fsp3) is 0.286. The summed E-state index contributed by atoms with van der Waals surface area (Å²) >= 11 is 0. The highest BCUT2D eigenvalue weighted by Gasteiger charge is 2.29. The highest BCUT2D eigenvalue weighted by Crippen LogP contribution is 2.36. The lowest BCUT2D eigenvalue weighted by molar-refractivity contribution is -0.136. The van der Waals surface area contributed by atoms with Crippen molar-refractivity contribution in [2.45, 2.75) is 19.3 Å². The van der Waals surface area contributed by atoms with Crippen LogP contribution >= 0.6 is 0 Å². The van der Waals surface area contributed by atoms with Crippen LogP contribution in [0.1, 0.15) is 29.5 Å². The van der Waals surface area contributed by atoms with Gasteiger partial charge in [-0.05, 0) is 30.0 Å². The Hall–Kier alpha value is -2.55. The number of rotatable bonds is 3. The fourth-order valence-electron chi connectivity index (χ4n) is 3.35. The van der Waals surface area contributed by atoms with Crippen LogP contribution in [0, 0.1) is 0 Å². The number of carbonyl (C=O) groups is 1. The zero-order valence-electron chi connectivity index (χ0n) is 14.2. The highest BCUT2D eigenvalue weighted by molar-refractivity contribution is 5.91. The molecule has 0 amide bonds. The van der Waals surface area contributed by atoms with Crippen LogP contribution < -0.4 is 0 Å². The molecular formula is C21H23NO2. The first-order chi connectivity index (χ1) is 11.7. The van der Waals surface area contributed by atoms with Gasteiger partial charge in [0, 0.05) is 25.2 Å². The maximum atomic E-state index is 12.6. The fourth-order valence-corrected chi connectivity index (χ4v) is 3.35. The minimum atomic E-state index is -0.265. The van der Waals surface area contributed by atoms with Gasteiger partial charge in [-0.3, -0.25) is 0 Å². The van der Waals surface area contributed by atoms with Crippen LogP contribution in [-0.2, 0) is 16.0 Å². The molecule has 2 aromatic rings. The summed E-state index contributed by atoms with van der Waals surface area (Å²) in [5, 5.41) is 0. The zero-order valence-corrected chi connectivity index (χ0v) is 14.2. The van der Waals surface area contributed by atoms with Crippen molar-refractivity contribution in [1.82, 2.24) is 4.90 Å². The van der Waals surface area contributed by atoms with Crippen molar-refractivity contribution < 1.29 is 9.53 Å². The smallest absolute Gasteiger partial charge is 0.336 e. The van der Waals surface area contributed by atoms with Gasteiger partial charge in [-0.15, -0.1) is 0 Å². The molecule has 1 aliphatic rings. The van der Waals surface area contributed by atoms with Gasteiger partial charge in [-0.2, -0.15) is 0 Å². The summed E-state index contributed by atoms with van der Waals surface area (Å²) in [6, 6.07) is 18.6. The summed E-state index contributed by atoms with van der Waals surface area (Å²) in [6.07, 6.45) is 2.96. The maximum Gasteiger partial charge on any atom is 0.336 e. The first-order valence-corrected chi connectivity index (χ1v) is 8.41. The van der Waals surface area contributed by atoms with Gasteiger partial charge in [0.2, 0.25) is 0 Å². The molecule has 0 spiro atoms. The van der Waals surface area contributed by atoms with Crippen molar-refractivity contribution in [2.24, 2.45) is 0 Å². The normalized spacial score (nSPS) is 19.5. The maximum absolute atomic E-state index is 12.6. The van der Waals surface area contributed by atoms with Crippen LogP contribution in [0.15, 0.2) is 66.4 Å².